The second-order valence-corrected chi connectivity index (χ2v) is 8.09. The van der Waals surface area contributed by atoms with Gasteiger partial charge in [0.1, 0.15) is 11.8 Å². The lowest BCUT2D eigenvalue weighted by Gasteiger charge is -2.30. The van der Waals surface area contributed by atoms with Crippen molar-refractivity contribution in [3.63, 3.8) is 0 Å². The number of nitrogens with zero attached hydrogens (tertiary/aromatic N) is 1. The summed E-state index contributed by atoms with van der Waals surface area (Å²) in [6.45, 7) is 4.18. The molecule has 1 heterocycles. The highest BCUT2D eigenvalue weighted by molar-refractivity contribution is 7.89. The molecular formula is C17H24N2O6S. The van der Waals surface area contributed by atoms with Crippen LogP contribution in [0, 0.1) is 5.92 Å². The zero-order chi connectivity index (χ0) is 19.3. The fourth-order valence-electron chi connectivity index (χ4n) is 2.77. The number of benzene rings is 1. The van der Waals surface area contributed by atoms with Crippen LogP contribution in [0.2, 0.25) is 0 Å². The van der Waals surface area contributed by atoms with Crippen LogP contribution in [-0.2, 0) is 19.6 Å². The standard InChI is InChI=1S/C17H24N2O6S/c1-3-25-14-4-6-15(7-5-14)26(23,24)19-10-8-13(9-11-19)16(20)18-12(2)17(21)22/h4-7,12-13H,3,8-11H2,1-2H3,(H,18,20)(H,21,22)/t12-/m0/s1. The molecule has 1 aliphatic rings. The number of nitrogens with one attached hydrogen (secondary N) is 1. The van der Waals surface area contributed by atoms with Gasteiger partial charge in [0, 0.05) is 19.0 Å². The summed E-state index contributed by atoms with van der Waals surface area (Å²) in [4.78, 5) is 23.1. The number of aliphatic carboxylic acids is 1. The quantitative estimate of drug-likeness (QED) is 0.727. The van der Waals surface area contributed by atoms with E-state index in [1.807, 2.05) is 6.92 Å². The number of carbonyl (C=O) groups excluding carboxylic acids is 1. The highest BCUT2D eigenvalue weighted by Gasteiger charge is 2.32. The number of ether oxygens (including phenoxy) is 1. The van der Waals surface area contributed by atoms with Gasteiger partial charge >= 0.3 is 5.97 Å². The van der Waals surface area contributed by atoms with Gasteiger partial charge in [0.05, 0.1) is 11.5 Å². The van der Waals surface area contributed by atoms with E-state index in [2.05, 4.69) is 5.32 Å². The molecule has 1 atom stereocenters. The lowest BCUT2D eigenvalue weighted by Crippen LogP contribution is -2.46. The second-order valence-electron chi connectivity index (χ2n) is 6.15. The molecule has 0 saturated carbocycles. The predicted molar refractivity (Wildman–Crippen MR) is 94.3 cm³/mol. The fourth-order valence-corrected chi connectivity index (χ4v) is 4.24. The van der Waals surface area contributed by atoms with Crippen molar-refractivity contribution < 1.29 is 27.9 Å². The summed E-state index contributed by atoms with van der Waals surface area (Å²) >= 11 is 0. The first-order valence-electron chi connectivity index (χ1n) is 8.52. The number of rotatable bonds is 7. The lowest BCUT2D eigenvalue weighted by molar-refractivity contribution is -0.142. The van der Waals surface area contributed by atoms with E-state index < -0.39 is 22.0 Å². The molecule has 1 fully saturated rings. The van der Waals surface area contributed by atoms with Gasteiger partial charge in [-0.05, 0) is 51.0 Å². The minimum atomic E-state index is -3.63. The number of piperidine rings is 1. The molecule has 1 aliphatic heterocycles. The predicted octanol–water partition coefficient (Wildman–Crippen LogP) is 1.08. The molecule has 0 aliphatic carbocycles. The third kappa shape index (κ3) is 4.73. The van der Waals surface area contributed by atoms with Crippen LogP contribution in [0.4, 0.5) is 0 Å². The van der Waals surface area contributed by atoms with Crippen LogP contribution in [0.15, 0.2) is 29.2 Å². The van der Waals surface area contributed by atoms with Gasteiger partial charge < -0.3 is 15.2 Å². The Hall–Kier alpha value is -2.13. The second kappa shape index (κ2) is 8.50. The van der Waals surface area contributed by atoms with Gasteiger partial charge in [-0.25, -0.2) is 8.42 Å². The molecule has 1 aromatic rings. The molecule has 0 bridgehead atoms. The largest absolute Gasteiger partial charge is 0.494 e. The van der Waals surface area contributed by atoms with Crippen molar-refractivity contribution in [3.8, 4) is 5.75 Å². The number of hydrogen-bond donors (Lipinski definition) is 2. The van der Waals surface area contributed by atoms with Gasteiger partial charge in [-0.3, -0.25) is 9.59 Å². The van der Waals surface area contributed by atoms with Crippen LogP contribution >= 0.6 is 0 Å². The van der Waals surface area contributed by atoms with Crippen LogP contribution in [-0.4, -0.2) is 55.4 Å². The molecule has 1 amide bonds. The molecule has 144 valence electrons. The van der Waals surface area contributed by atoms with Gasteiger partial charge in [0.25, 0.3) is 0 Å². The maximum Gasteiger partial charge on any atom is 0.325 e. The number of carboxylic acids is 1. The Labute approximate surface area is 153 Å². The summed E-state index contributed by atoms with van der Waals surface area (Å²) in [7, 11) is -3.63. The van der Waals surface area contributed by atoms with Gasteiger partial charge in [-0.15, -0.1) is 0 Å². The van der Waals surface area contributed by atoms with E-state index in [9.17, 15) is 18.0 Å². The van der Waals surface area contributed by atoms with Crippen molar-refractivity contribution in [1.82, 2.24) is 9.62 Å². The number of amides is 1. The molecule has 0 spiro atoms. The summed E-state index contributed by atoms with van der Waals surface area (Å²) < 4.78 is 32.1. The summed E-state index contributed by atoms with van der Waals surface area (Å²) in [5, 5.41) is 11.3. The van der Waals surface area contributed by atoms with Crippen molar-refractivity contribution >= 4 is 21.9 Å². The van der Waals surface area contributed by atoms with Crippen molar-refractivity contribution in [2.24, 2.45) is 5.92 Å². The molecule has 0 radical (unpaired) electrons. The maximum atomic E-state index is 12.7. The Bertz CT molecular complexity index is 739. The van der Waals surface area contributed by atoms with Crippen LogP contribution in [0.3, 0.4) is 0 Å². The molecular weight excluding hydrogens is 360 g/mol. The zero-order valence-corrected chi connectivity index (χ0v) is 15.7. The summed E-state index contributed by atoms with van der Waals surface area (Å²) in [6, 6.07) is 5.28. The van der Waals surface area contributed by atoms with Crippen molar-refractivity contribution in [3.05, 3.63) is 24.3 Å². The molecule has 0 aromatic heterocycles. The number of carboxylic acid groups (broad SMARTS) is 1. The Morgan fingerprint density at radius 3 is 2.35 bits per heavy atom. The molecule has 26 heavy (non-hydrogen) atoms. The smallest absolute Gasteiger partial charge is 0.325 e. The number of sulfonamides is 1. The monoisotopic (exact) mass is 384 g/mol. The average Bonchev–Trinajstić information content (AvgIpc) is 2.62. The van der Waals surface area contributed by atoms with Gasteiger partial charge in [-0.2, -0.15) is 4.31 Å². The normalized spacial score (nSPS) is 17.5. The van der Waals surface area contributed by atoms with E-state index in [4.69, 9.17) is 9.84 Å². The Morgan fingerprint density at radius 1 is 1.27 bits per heavy atom. The first kappa shape index (κ1) is 20.2. The van der Waals surface area contributed by atoms with Crippen LogP contribution in [0.1, 0.15) is 26.7 Å². The highest BCUT2D eigenvalue weighted by atomic mass is 32.2. The van der Waals surface area contributed by atoms with E-state index in [1.54, 1.807) is 12.1 Å². The Kier molecular flexibility index (Phi) is 6.60. The van der Waals surface area contributed by atoms with Crippen molar-refractivity contribution in [2.75, 3.05) is 19.7 Å². The molecule has 8 nitrogen and oxygen atoms in total. The van der Waals surface area contributed by atoms with Crippen molar-refractivity contribution in [2.45, 2.75) is 37.6 Å². The average molecular weight is 384 g/mol. The van der Waals surface area contributed by atoms with Crippen LogP contribution in [0.5, 0.6) is 5.75 Å². The lowest BCUT2D eigenvalue weighted by atomic mass is 9.97. The molecule has 1 aromatic carbocycles. The van der Waals surface area contributed by atoms with Gasteiger partial charge in [0.15, 0.2) is 0 Å². The minimum absolute atomic E-state index is 0.184. The zero-order valence-electron chi connectivity index (χ0n) is 14.8. The Morgan fingerprint density at radius 2 is 1.85 bits per heavy atom. The number of hydrogen-bond acceptors (Lipinski definition) is 5. The van der Waals surface area contributed by atoms with E-state index in [-0.39, 0.29) is 29.8 Å². The molecule has 1 saturated heterocycles. The Balaban J connectivity index is 1.97. The summed E-state index contributed by atoms with van der Waals surface area (Å²) in [5.74, 6) is -1.23. The molecule has 9 heteroatoms. The molecule has 2 N–H and O–H groups in total. The van der Waals surface area contributed by atoms with E-state index in [1.165, 1.54) is 23.4 Å². The van der Waals surface area contributed by atoms with Crippen LogP contribution < -0.4 is 10.1 Å². The topological polar surface area (TPSA) is 113 Å². The van der Waals surface area contributed by atoms with Crippen LogP contribution in [0.25, 0.3) is 0 Å². The fraction of sp³-hybridized carbons (Fsp3) is 0.529. The summed E-state index contributed by atoms with van der Waals surface area (Å²) in [6.07, 6.45) is 0.711. The van der Waals surface area contributed by atoms with E-state index >= 15 is 0 Å². The third-order valence-electron chi connectivity index (χ3n) is 4.33. The highest BCUT2D eigenvalue weighted by Crippen LogP contribution is 2.25. The summed E-state index contributed by atoms with van der Waals surface area (Å²) in [5.41, 5.74) is 0. The first-order chi connectivity index (χ1) is 12.3. The maximum absolute atomic E-state index is 12.7. The van der Waals surface area contributed by atoms with Gasteiger partial charge in [0.2, 0.25) is 15.9 Å². The number of carbonyl (C=O) groups is 2. The molecule has 0 unspecified atom stereocenters. The van der Waals surface area contributed by atoms with E-state index in [0.29, 0.717) is 25.2 Å². The van der Waals surface area contributed by atoms with Crippen molar-refractivity contribution in [1.29, 1.82) is 0 Å². The van der Waals surface area contributed by atoms with Gasteiger partial charge in [-0.1, -0.05) is 0 Å². The first-order valence-corrected chi connectivity index (χ1v) is 9.96. The minimum Gasteiger partial charge on any atom is -0.494 e. The van der Waals surface area contributed by atoms with E-state index in [0.717, 1.165) is 0 Å². The third-order valence-corrected chi connectivity index (χ3v) is 6.24. The molecule has 2 rings (SSSR count). The SMILES string of the molecule is CCOc1ccc(S(=O)(=O)N2CCC(C(=O)N[C@@H](C)C(=O)O)CC2)cc1.